The normalized spacial score (nSPS) is 11.4. The van der Waals surface area contributed by atoms with Gasteiger partial charge in [-0.1, -0.05) is 64.0 Å². The minimum atomic E-state index is -1.11. The van der Waals surface area contributed by atoms with Gasteiger partial charge in [0.25, 0.3) is 5.89 Å². The first-order valence-electron chi connectivity index (χ1n) is 11.8. The van der Waals surface area contributed by atoms with Crippen LogP contribution in [0.25, 0.3) is 11.5 Å². The number of amides is 1. The van der Waals surface area contributed by atoms with E-state index in [0.29, 0.717) is 17.5 Å². The summed E-state index contributed by atoms with van der Waals surface area (Å²) in [7, 11) is 0. The fraction of sp³-hybridized carbons (Fsp3) is 0.407. The maximum absolute atomic E-state index is 12.3. The lowest BCUT2D eigenvalue weighted by Gasteiger charge is -2.21. The fourth-order valence-electron chi connectivity index (χ4n) is 3.28. The Kier molecular flexibility index (Phi) is 8.68. The number of carboxylic acid groups (broad SMARTS) is 1. The molecule has 192 valence electrons. The first-order chi connectivity index (χ1) is 17.0. The molecule has 1 amide bonds. The van der Waals surface area contributed by atoms with Crippen molar-refractivity contribution in [3.05, 3.63) is 65.5 Å². The molecule has 0 aliphatic rings. The van der Waals surface area contributed by atoms with Crippen molar-refractivity contribution in [3.63, 3.8) is 0 Å². The molecule has 0 aliphatic carbocycles. The topological polar surface area (TPSA) is 115 Å². The number of carbonyl (C=O) groups excluding carboxylic acids is 1. The maximum Gasteiger partial charge on any atom is 0.410 e. The number of aliphatic carboxylic acids is 1. The molecular weight excluding hydrogens is 462 g/mol. The standard InChI is InChI=1S/C27H33N3O6/c1-18(2)16-35-26(33)30(15-24(31)32)14-19-6-12-22(13-7-19)34-17-23-28-25(36-29-23)20-8-10-21(11-9-20)27(3,4)5/h6-13,18H,14-17H2,1-5H3,(H,31,32). The number of carbonyl (C=O) groups is 2. The molecule has 1 aromatic heterocycles. The van der Waals surface area contributed by atoms with Gasteiger partial charge in [-0.15, -0.1) is 0 Å². The van der Waals surface area contributed by atoms with Crippen molar-refractivity contribution in [3.8, 4) is 17.2 Å². The monoisotopic (exact) mass is 495 g/mol. The van der Waals surface area contributed by atoms with E-state index in [2.05, 4.69) is 43.0 Å². The van der Waals surface area contributed by atoms with Gasteiger partial charge in [-0.25, -0.2) is 4.79 Å². The van der Waals surface area contributed by atoms with Crippen molar-refractivity contribution in [2.75, 3.05) is 13.2 Å². The summed E-state index contributed by atoms with van der Waals surface area (Å²) in [5.41, 5.74) is 2.86. The van der Waals surface area contributed by atoms with E-state index < -0.39 is 18.6 Å². The Balaban J connectivity index is 1.57. The van der Waals surface area contributed by atoms with Gasteiger partial charge in [-0.3, -0.25) is 9.69 Å². The number of hydrogen-bond donors (Lipinski definition) is 1. The number of ether oxygens (including phenoxy) is 2. The third-order valence-corrected chi connectivity index (χ3v) is 5.26. The van der Waals surface area contributed by atoms with Gasteiger partial charge in [-0.2, -0.15) is 4.98 Å². The van der Waals surface area contributed by atoms with Crippen LogP contribution in [0.3, 0.4) is 0 Å². The number of hydrogen-bond acceptors (Lipinski definition) is 7. The molecule has 36 heavy (non-hydrogen) atoms. The van der Waals surface area contributed by atoms with Gasteiger partial charge in [0.15, 0.2) is 6.61 Å². The van der Waals surface area contributed by atoms with Gasteiger partial charge in [-0.05, 0) is 46.7 Å². The van der Waals surface area contributed by atoms with Crippen molar-refractivity contribution in [2.24, 2.45) is 5.92 Å². The number of rotatable bonds is 10. The Morgan fingerprint density at radius 1 is 1.06 bits per heavy atom. The Bertz CT molecular complexity index is 1150. The van der Waals surface area contributed by atoms with Crippen LogP contribution >= 0.6 is 0 Å². The van der Waals surface area contributed by atoms with E-state index in [4.69, 9.17) is 19.1 Å². The van der Waals surface area contributed by atoms with Crippen LogP contribution in [0.1, 0.15) is 51.6 Å². The Morgan fingerprint density at radius 2 is 1.72 bits per heavy atom. The summed E-state index contributed by atoms with van der Waals surface area (Å²) in [5, 5.41) is 13.1. The van der Waals surface area contributed by atoms with Crippen LogP contribution in [0.5, 0.6) is 5.75 Å². The molecule has 1 heterocycles. The lowest BCUT2D eigenvalue weighted by Crippen LogP contribution is -2.36. The van der Waals surface area contributed by atoms with Gasteiger partial charge >= 0.3 is 12.1 Å². The molecule has 0 aliphatic heterocycles. The smallest absolute Gasteiger partial charge is 0.410 e. The molecule has 0 bridgehead atoms. The van der Waals surface area contributed by atoms with Crippen molar-refractivity contribution in [1.82, 2.24) is 15.0 Å². The van der Waals surface area contributed by atoms with Crippen LogP contribution < -0.4 is 4.74 Å². The highest BCUT2D eigenvalue weighted by molar-refractivity contribution is 5.76. The molecule has 0 unspecified atom stereocenters. The van der Waals surface area contributed by atoms with Crippen molar-refractivity contribution in [2.45, 2.75) is 53.2 Å². The van der Waals surface area contributed by atoms with E-state index >= 15 is 0 Å². The zero-order valence-electron chi connectivity index (χ0n) is 21.4. The molecule has 9 heteroatoms. The van der Waals surface area contributed by atoms with E-state index in [9.17, 15) is 9.59 Å². The summed E-state index contributed by atoms with van der Waals surface area (Å²) in [5.74, 6) is 0.455. The Labute approximate surface area is 211 Å². The van der Waals surface area contributed by atoms with E-state index in [-0.39, 0.29) is 31.1 Å². The second-order valence-electron chi connectivity index (χ2n) is 10.00. The van der Waals surface area contributed by atoms with E-state index in [1.807, 2.05) is 26.0 Å². The first-order valence-corrected chi connectivity index (χ1v) is 11.8. The summed E-state index contributed by atoms with van der Waals surface area (Å²) in [4.78, 5) is 29.0. The highest BCUT2D eigenvalue weighted by atomic mass is 16.6. The molecule has 0 saturated heterocycles. The van der Waals surface area contributed by atoms with Crippen LogP contribution in [0, 0.1) is 5.92 Å². The van der Waals surface area contributed by atoms with Gasteiger partial charge in [0.05, 0.1) is 6.61 Å². The van der Waals surface area contributed by atoms with E-state index in [0.717, 1.165) is 16.0 Å². The zero-order valence-corrected chi connectivity index (χ0v) is 21.4. The Morgan fingerprint density at radius 3 is 2.31 bits per heavy atom. The van der Waals surface area contributed by atoms with E-state index in [1.165, 1.54) is 5.56 Å². The first kappa shape index (κ1) is 26.7. The number of nitrogens with zero attached hydrogens (tertiary/aromatic N) is 3. The number of aromatic nitrogens is 2. The van der Waals surface area contributed by atoms with Gasteiger partial charge in [0, 0.05) is 12.1 Å². The summed E-state index contributed by atoms with van der Waals surface area (Å²) in [6, 6.07) is 15.0. The highest BCUT2D eigenvalue weighted by Crippen LogP contribution is 2.25. The quantitative estimate of drug-likeness (QED) is 0.403. The SMILES string of the molecule is CC(C)COC(=O)N(CC(=O)O)Cc1ccc(OCc2noc(-c3ccc(C(C)(C)C)cc3)n2)cc1. The molecule has 0 radical (unpaired) electrons. The third-order valence-electron chi connectivity index (χ3n) is 5.26. The third kappa shape index (κ3) is 7.83. The van der Waals surface area contributed by atoms with Crippen LogP contribution in [-0.2, 0) is 28.1 Å². The molecule has 0 saturated carbocycles. The molecule has 2 aromatic carbocycles. The molecular formula is C27H33N3O6. The lowest BCUT2D eigenvalue weighted by molar-refractivity contribution is -0.138. The summed E-state index contributed by atoms with van der Waals surface area (Å²) in [6.07, 6.45) is -0.660. The van der Waals surface area contributed by atoms with Crippen LogP contribution in [0.4, 0.5) is 4.79 Å². The largest absolute Gasteiger partial charge is 0.485 e. The van der Waals surface area contributed by atoms with Crippen LogP contribution in [0.2, 0.25) is 0 Å². The molecule has 3 rings (SSSR count). The van der Waals surface area contributed by atoms with Crippen molar-refractivity contribution >= 4 is 12.1 Å². The second kappa shape index (κ2) is 11.7. The van der Waals surface area contributed by atoms with Gasteiger partial charge in [0.1, 0.15) is 12.3 Å². The van der Waals surface area contributed by atoms with Gasteiger partial charge < -0.3 is 19.1 Å². The second-order valence-corrected chi connectivity index (χ2v) is 10.00. The number of benzene rings is 2. The molecule has 1 N–H and O–H groups in total. The van der Waals surface area contributed by atoms with Crippen molar-refractivity contribution in [1.29, 1.82) is 0 Å². The highest BCUT2D eigenvalue weighted by Gasteiger charge is 2.19. The maximum atomic E-state index is 12.3. The zero-order chi connectivity index (χ0) is 26.3. The molecule has 3 aromatic rings. The Hall–Kier alpha value is -3.88. The lowest BCUT2D eigenvalue weighted by atomic mass is 9.87. The molecule has 9 nitrogen and oxygen atoms in total. The molecule has 0 fully saturated rings. The fourth-order valence-corrected chi connectivity index (χ4v) is 3.28. The van der Waals surface area contributed by atoms with Gasteiger partial charge in [0.2, 0.25) is 5.82 Å². The average Bonchev–Trinajstić information content (AvgIpc) is 3.30. The molecule has 0 spiro atoms. The van der Waals surface area contributed by atoms with E-state index in [1.54, 1.807) is 24.3 Å². The minimum absolute atomic E-state index is 0.0630. The summed E-state index contributed by atoms with van der Waals surface area (Å²) < 4.78 is 16.3. The summed E-state index contributed by atoms with van der Waals surface area (Å²) in [6.45, 7) is 10.3. The van der Waals surface area contributed by atoms with Crippen molar-refractivity contribution < 1.29 is 28.7 Å². The van der Waals surface area contributed by atoms with Crippen LogP contribution in [0.15, 0.2) is 53.1 Å². The minimum Gasteiger partial charge on any atom is -0.485 e. The predicted octanol–water partition coefficient (Wildman–Crippen LogP) is 5.29. The van der Waals surface area contributed by atoms with Crippen LogP contribution in [-0.4, -0.2) is 45.4 Å². The average molecular weight is 496 g/mol. The molecule has 0 atom stereocenters. The number of carboxylic acids is 1. The predicted molar refractivity (Wildman–Crippen MR) is 133 cm³/mol. The summed E-state index contributed by atoms with van der Waals surface area (Å²) >= 11 is 0.